The van der Waals surface area contributed by atoms with Crippen molar-refractivity contribution in [2.75, 3.05) is 0 Å². The Balaban J connectivity index is 0.000000222. The first kappa shape index (κ1) is 24.1. The van der Waals surface area contributed by atoms with Crippen LogP contribution in [0.25, 0.3) is 20.4 Å². The fraction of sp³-hybridized carbons (Fsp3) is 0.263. The van der Waals surface area contributed by atoms with Crippen LogP contribution in [0.3, 0.4) is 0 Å². The number of aryl methyl sites for hydroxylation is 4. The lowest BCUT2D eigenvalue weighted by molar-refractivity contribution is -0.646. The average Bonchev–Trinajstić information content (AvgIpc) is 3.04. The number of hydrogen-bond donors (Lipinski definition) is 0. The molecule has 0 unspecified atom stereocenters. The molecule has 0 amide bonds. The van der Waals surface area contributed by atoms with Crippen LogP contribution in [0.2, 0.25) is 0 Å². The fourth-order valence-corrected chi connectivity index (χ4v) is 4.45. The number of nitrogens with zero attached hydrogens (tertiary/aromatic N) is 2. The van der Waals surface area contributed by atoms with Crippen LogP contribution in [-0.2, 0) is 24.5 Å². The lowest BCUT2D eigenvalue weighted by atomic mass is 10.3. The Labute approximate surface area is 173 Å². The zero-order valence-electron chi connectivity index (χ0n) is 15.4. The molecule has 0 N–H and O–H groups in total. The molecule has 0 aliphatic rings. The molecule has 0 saturated carbocycles. The Morgan fingerprint density at radius 1 is 0.750 bits per heavy atom. The van der Waals surface area contributed by atoms with Gasteiger partial charge in [-0.15, -0.1) is 0 Å². The maximum absolute atomic E-state index is 8.52. The monoisotopic (exact) mass is 440 g/mol. The Hall–Kier alpha value is -1.91. The molecule has 2 heterocycles. The van der Waals surface area contributed by atoms with Gasteiger partial charge in [0.25, 0.3) is 0 Å². The summed E-state index contributed by atoms with van der Waals surface area (Å²) in [5.41, 5.74) is 2.66. The van der Waals surface area contributed by atoms with E-state index in [9.17, 15) is 0 Å². The second kappa shape index (κ2) is 10.0. The zero-order chi connectivity index (χ0) is 20.2. The van der Waals surface area contributed by atoms with Crippen LogP contribution in [0.5, 0.6) is 0 Å². The van der Waals surface area contributed by atoms with Gasteiger partial charge in [0, 0.05) is 36.4 Å². The van der Waals surface area contributed by atoms with Crippen molar-refractivity contribution in [3.05, 3.63) is 58.5 Å². The van der Waals surface area contributed by atoms with Gasteiger partial charge in [0.2, 0.25) is 21.0 Å². The molecule has 4 aromatic rings. The molecule has 2 aromatic carbocycles. The van der Waals surface area contributed by atoms with Gasteiger partial charge >= 0.3 is 0 Å². The molecular weight excluding hydrogens is 416 g/mol. The Kier molecular flexibility index (Phi) is 8.65. The van der Waals surface area contributed by atoms with E-state index in [1.54, 1.807) is 0 Å². The molecule has 152 valence electrons. The summed E-state index contributed by atoms with van der Waals surface area (Å²) in [7, 11) is -0.956. The summed E-state index contributed by atoms with van der Waals surface area (Å²) in [5, 5.41) is 2.71. The van der Waals surface area contributed by atoms with E-state index in [-0.39, 0.29) is 7.43 Å². The second-order valence-corrected chi connectivity index (χ2v) is 8.99. The SMILES string of the molecule is C.Cc1sc2ccccc2[n+]1C.Cc1sc2ccccc2[n+]1C.O=S(=O)([O-])[O-]. The first-order valence-electron chi connectivity index (χ1n) is 7.93. The second-order valence-electron chi connectivity index (χ2n) is 5.70. The molecule has 0 radical (unpaired) electrons. The molecule has 0 atom stereocenters. The molecule has 6 nitrogen and oxygen atoms in total. The highest BCUT2D eigenvalue weighted by Crippen LogP contribution is 2.18. The molecule has 9 heteroatoms. The topological polar surface area (TPSA) is 88.0 Å². The van der Waals surface area contributed by atoms with Gasteiger partial charge in [-0.25, -0.2) is 0 Å². The van der Waals surface area contributed by atoms with Crippen molar-refractivity contribution in [3.63, 3.8) is 0 Å². The van der Waals surface area contributed by atoms with Crippen LogP contribution in [0.15, 0.2) is 48.5 Å². The summed E-state index contributed by atoms with van der Waals surface area (Å²) in [4.78, 5) is 0. The first-order valence-corrected chi connectivity index (χ1v) is 10.9. The Bertz CT molecular complexity index is 1080. The van der Waals surface area contributed by atoms with Gasteiger partial charge < -0.3 is 9.11 Å². The first-order chi connectivity index (χ1) is 12.6. The lowest BCUT2D eigenvalue weighted by Gasteiger charge is -2.06. The van der Waals surface area contributed by atoms with E-state index in [1.165, 1.54) is 30.4 Å². The normalized spacial score (nSPS) is 10.5. The van der Waals surface area contributed by atoms with Gasteiger partial charge in [-0.1, -0.05) is 54.4 Å². The minimum absolute atomic E-state index is 0. The summed E-state index contributed by atoms with van der Waals surface area (Å²) < 4.78 is 41.3. The molecule has 0 saturated heterocycles. The van der Waals surface area contributed by atoms with Crippen LogP contribution in [0.4, 0.5) is 0 Å². The maximum Gasteiger partial charge on any atom is 0.234 e. The molecule has 0 spiro atoms. The summed E-state index contributed by atoms with van der Waals surface area (Å²) in [6, 6.07) is 16.9. The van der Waals surface area contributed by atoms with E-state index in [4.69, 9.17) is 17.5 Å². The predicted octanol–water partition coefficient (Wildman–Crippen LogP) is 3.37. The molecule has 0 aliphatic carbocycles. The van der Waals surface area contributed by atoms with Crippen molar-refractivity contribution in [1.29, 1.82) is 0 Å². The summed E-state index contributed by atoms with van der Waals surface area (Å²) in [6.45, 7) is 4.29. The average molecular weight is 441 g/mol. The summed E-state index contributed by atoms with van der Waals surface area (Å²) in [5.74, 6) is 0. The van der Waals surface area contributed by atoms with Gasteiger partial charge in [-0.2, -0.15) is 9.13 Å². The quantitative estimate of drug-likeness (QED) is 0.238. The van der Waals surface area contributed by atoms with E-state index < -0.39 is 10.4 Å². The highest BCUT2D eigenvalue weighted by atomic mass is 32.3. The molecular formula is C19H24N2O4S3. The van der Waals surface area contributed by atoms with E-state index in [1.807, 2.05) is 22.7 Å². The molecule has 28 heavy (non-hydrogen) atoms. The van der Waals surface area contributed by atoms with Crippen molar-refractivity contribution in [2.24, 2.45) is 14.1 Å². The summed E-state index contributed by atoms with van der Waals surface area (Å²) >= 11 is 3.68. The van der Waals surface area contributed by atoms with Crippen LogP contribution < -0.4 is 9.13 Å². The molecule has 0 fully saturated rings. The Morgan fingerprint density at radius 2 is 1.04 bits per heavy atom. The van der Waals surface area contributed by atoms with Crippen LogP contribution >= 0.6 is 22.7 Å². The van der Waals surface area contributed by atoms with E-state index in [0.717, 1.165) is 0 Å². The minimum atomic E-state index is -5.17. The largest absolute Gasteiger partial charge is 0.759 e. The lowest BCUT2D eigenvalue weighted by Crippen LogP contribution is -2.28. The highest BCUT2D eigenvalue weighted by molar-refractivity contribution is 7.79. The third kappa shape index (κ3) is 6.61. The van der Waals surface area contributed by atoms with Crippen molar-refractivity contribution < 1.29 is 26.7 Å². The van der Waals surface area contributed by atoms with Crippen LogP contribution in [0, 0.1) is 13.8 Å². The Morgan fingerprint density at radius 3 is 1.32 bits per heavy atom. The molecule has 0 aliphatic heterocycles. The minimum Gasteiger partial charge on any atom is -0.759 e. The number of hydrogen-bond acceptors (Lipinski definition) is 6. The van der Waals surface area contributed by atoms with Gasteiger partial charge in [0.1, 0.15) is 23.5 Å². The van der Waals surface area contributed by atoms with Gasteiger partial charge in [-0.3, -0.25) is 8.42 Å². The summed E-state index contributed by atoms with van der Waals surface area (Å²) in [6.07, 6.45) is 0. The third-order valence-corrected chi connectivity index (χ3v) is 6.18. The van der Waals surface area contributed by atoms with E-state index in [2.05, 4.69) is 85.6 Å². The van der Waals surface area contributed by atoms with E-state index in [0.29, 0.717) is 0 Å². The predicted molar refractivity (Wildman–Crippen MR) is 113 cm³/mol. The number of thiazole rings is 2. The highest BCUT2D eigenvalue weighted by Gasteiger charge is 2.11. The fourth-order valence-electron chi connectivity index (χ4n) is 2.44. The number of para-hydroxylation sites is 2. The van der Waals surface area contributed by atoms with Crippen molar-refractivity contribution >= 4 is 53.5 Å². The smallest absolute Gasteiger partial charge is 0.234 e. The molecule has 0 bridgehead atoms. The van der Waals surface area contributed by atoms with Crippen LogP contribution in [-0.4, -0.2) is 17.5 Å². The number of fused-ring (bicyclic) bond motifs is 2. The van der Waals surface area contributed by atoms with Crippen molar-refractivity contribution in [2.45, 2.75) is 21.3 Å². The van der Waals surface area contributed by atoms with E-state index >= 15 is 0 Å². The maximum atomic E-state index is 8.52. The van der Waals surface area contributed by atoms with Gasteiger partial charge in [0.05, 0.1) is 0 Å². The van der Waals surface area contributed by atoms with Gasteiger partial charge in [0.15, 0.2) is 0 Å². The van der Waals surface area contributed by atoms with Crippen molar-refractivity contribution in [3.8, 4) is 0 Å². The standard InChI is InChI=1S/2C9H10NS.CH4.H2O4S/c2*1-7-10(2)8-5-3-4-6-9(8)11-7;;1-5(2,3)4/h2*3-6H,1-2H3;1H4;(H2,1,2,3,4)/q2*+1;;/p-2. The number of benzene rings is 2. The zero-order valence-corrected chi connectivity index (χ0v) is 17.8. The van der Waals surface area contributed by atoms with Crippen molar-refractivity contribution in [1.82, 2.24) is 0 Å². The van der Waals surface area contributed by atoms with Crippen LogP contribution in [0.1, 0.15) is 17.4 Å². The number of aromatic nitrogens is 2. The molecule has 4 rings (SSSR count). The third-order valence-electron chi connectivity index (χ3n) is 3.91. The van der Waals surface area contributed by atoms with Gasteiger partial charge in [-0.05, 0) is 12.1 Å². The molecule has 2 aromatic heterocycles. The number of rotatable bonds is 0.